The van der Waals surface area contributed by atoms with E-state index in [0.29, 0.717) is 24.7 Å². The van der Waals surface area contributed by atoms with E-state index < -0.39 is 9.84 Å². The van der Waals surface area contributed by atoms with Gasteiger partial charge in [0, 0.05) is 26.7 Å². The van der Waals surface area contributed by atoms with Crippen LogP contribution in [0.2, 0.25) is 0 Å². The highest BCUT2D eigenvalue weighted by atomic mass is 32.2. The predicted molar refractivity (Wildman–Crippen MR) is 67.3 cm³/mol. The Morgan fingerprint density at radius 3 is 2.81 bits per heavy atom. The van der Waals surface area contributed by atoms with Gasteiger partial charge in [-0.25, -0.2) is 8.42 Å². The minimum atomic E-state index is -2.85. The molecule has 1 aliphatic heterocycles. The van der Waals surface area contributed by atoms with Crippen LogP contribution >= 0.6 is 12.2 Å². The van der Waals surface area contributed by atoms with Gasteiger partial charge in [-0.15, -0.1) is 0 Å². The normalized spacial score (nSPS) is 23.0. The highest BCUT2D eigenvalue weighted by molar-refractivity contribution is 7.91. The van der Waals surface area contributed by atoms with E-state index in [1.54, 1.807) is 7.11 Å². The van der Waals surface area contributed by atoms with Gasteiger partial charge in [-0.05, 0) is 18.6 Å². The molecule has 16 heavy (non-hydrogen) atoms. The molecule has 0 aromatic carbocycles. The molecule has 7 heteroatoms. The van der Waals surface area contributed by atoms with E-state index >= 15 is 0 Å². The molecule has 0 spiro atoms. The molecule has 1 N–H and O–H groups in total. The molecule has 0 aromatic heterocycles. The molecule has 0 bridgehead atoms. The van der Waals surface area contributed by atoms with Crippen molar-refractivity contribution < 1.29 is 13.2 Å². The van der Waals surface area contributed by atoms with Gasteiger partial charge in [-0.3, -0.25) is 0 Å². The molecule has 1 saturated heterocycles. The van der Waals surface area contributed by atoms with Gasteiger partial charge in [-0.2, -0.15) is 0 Å². The van der Waals surface area contributed by atoms with Crippen LogP contribution in [-0.4, -0.2) is 63.3 Å². The topological polar surface area (TPSA) is 58.6 Å². The standard InChI is InChI=1S/C9H18N2O3S2/c1-11(9(15)10-4-5-14-2)8-3-6-16(12,13)7-8/h8H,3-7H2,1-2H3,(H,10,15). The molecule has 1 aliphatic rings. The van der Waals surface area contributed by atoms with Crippen molar-refractivity contribution >= 4 is 27.2 Å². The lowest BCUT2D eigenvalue weighted by Gasteiger charge is -2.26. The summed E-state index contributed by atoms with van der Waals surface area (Å²) in [6, 6.07) is 0.00699. The average molecular weight is 266 g/mol. The number of nitrogens with one attached hydrogen (secondary N) is 1. The maximum absolute atomic E-state index is 11.3. The third-order valence-corrected chi connectivity index (χ3v) is 4.84. The van der Waals surface area contributed by atoms with Gasteiger partial charge in [0.1, 0.15) is 0 Å². The van der Waals surface area contributed by atoms with Gasteiger partial charge in [0.2, 0.25) is 0 Å². The molecule has 1 fully saturated rings. The Bertz CT molecular complexity index is 343. The van der Waals surface area contributed by atoms with Crippen LogP contribution in [0.5, 0.6) is 0 Å². The first kappa shape index (κ1) is 13.7. The largest absolute Gasteiger partial charge is 0.383 e. The highest BCUT2D eigenvalue weighted by Crippen LogP contribution is 2.16. The Labute approximate surface area is 102 Å². The fraction of sp³-hybridized carbons (Fsp3) is 0.889. The van der Waals surface area contributed by atoms with Crippen LogP contribution in [0.15, 0.2) is 0 Å². The summed E-state index contributed by atoms with van der Waals surface area (Å²) in [4.78, 5) is 1.83. The number of sulfone groups is 1. The minimum Gasteiger partial charge on any atom is -0.383 e. The summed E-state index contributed by atoms with van der Waals surface area (Å²) in [5.74, 6) is 0.471. The molecule has 1 unspecified atom stereocenters. The fourth-order valence-electron chi connectivity index (χ4n) is 1.63. The summed E-state index contributed by atoms with van der Waals surface area (Å²) < 4.78 is 27.5. The van der Waals surface area contributed by atoms with Gasteiger partial charge in [0.25, 0.3) is 0 Å². The second-order valence-electron chi connectivity index (χ2n) is 3.89. The maximum Gasteiger partial charge on any atom is 0.169 e. The quantitative estimate of drug-likeness (QED) is 0.553. The lowest BCUT2D eigenvalue weighted by molar-refractivity contribution is 0.203. The zero-order valence-corrected chi connectivity index (χ0v) is 11.2. The zero-order chi connectivity index (χ0) is 12.2. The van der Waals surface area contributed by atoms with Crippen molar-refractivity contribution in [2.45, 2.75) is 12.5 Å². The van der Waals surface area contributed by atoms with Gasteiger partial charge >= 0.3 is 0 Å². The zero-order valence-electron chi connectivity index (χ0n) is 9.60. The lowest BCUT2D eigenvalue weighted by atomic mass is 10.2. The summed E-state index contributed by atoms with van der Waals surface area (Å²) in [7, 11) is 0.597. The van der Waals surface area contributed by atoms with E-state index in [1.807, 2.05) is 11.9 Å². The van der Waals surface area contributed by atoms with Crippen molar-refractivity contribution in [3.8, 4) is 0 Å². The van der Waals surface area contributed by atoms with Crippen molar-refractivity contribution in [3.63, 3.8) is 0 Å². The Balaban J connectivity index is 2.40. The molecule has 1 rings (SSSR count). The Kier molecular flexibility index (Phi) is 4.94. The third-order valence-electron chi connectivity index (χ3n) is 2.66. The van der Waals surface area contributed by atoms with Crippen LogP contribution in [0.3, 0.4) is 0 Å². The number of methoxy groups -OCH3 is 1. The first-order valence-electron chi connectivity index (χ1n) is 5.16. The number of rotatable bonds is 4. The summed E-state index contributed by atoms with van der Waals surface area (Å²) in [6.07, 6.45) is 0.658. The summed E-state index contributed by atoms with van der Waals surface area (Å²) in [6.45, 7) is 1.22. The van der Waals surface area contributed by atoms with Crippen molar-refractivity contribution in [2.75, 3.05) is 38.8 Å². The van der Waals surface area contributed by atoms with Crippen molar-refractivity contribution in [3.05, 3.63) is 0 Å². The molecule has 1 atom stereocenters. The maximum atomic E-state index is 11.3. The van der Waals surface area contributed by atoms with Crippen LogP contribution in [-0.2, 0) is 14.6 Å². The molecule has 1 heterocycles. The Morgan fingerprint density at radius 2 is 2.31 bits per heavy atom. The average Bonchev–Trinajstić information content (AvgIpc) is 2.58. The molecule has 0 amide bonds. The first-order chi connectivity index (χ1) is 7.46. The Morgan fingerprint density at radius 1 is 1.62 bits per heavy atom. The van der Waals surface area contributed by atoms with Crippen molar-refractivity contribution in [2.24, 2.45) is 0 Å². The molecule has 0 saturated carbocycles. The van der Waals surface area contributed by atoms with E-state index in [9.17, 15) is 8.42 Å². The second kappa shape index (κ2) is 5.79. The van der Waals surface area contributed by atoms with E-state index in [2.05, 4.69) is 5.32 Å². The number of hydrogen-bond donors (Lipinski definition) is 1. The molecule has 0 aromatic rings. The SMILES string of the molecule is COCCNC(=S)N(C)C1CCS(=O)(=O)C1. The van der Waals surface area contributed by atoms with Crippen LogP contribution in [0.1, 0.15) is 6.42 Å². The molecule has 0 radical (unpaired) electrons. The second-order valence-corrected chi connectivity index (χ2v) is 6.51. The Hall–Kier alpha value is -0.400. The smallest absolute Gasteiger partial charge is 0.169 e. The molecular formula is C9H18N2O3S2. The monoisotopic (exact) mass is 266 g/mol. The number of ether oxygens (including phenoxy) is 1. The number of nitrogens with zero attached hydrogens (tertiary/aromatic N) is 1. The van der Waals surface area contributed by atoms with Gasteiger partial charge in [0.05, 0.1) is 18.1 Å². The van der Waals surface area contributed by atoms with Gasteiger partial charge in [0.15, 0.2) is 14.9 Å². The highest BCUT2D eigenvalue weighted by Gasteiger charge is 2.31. The van der Waals surface area contributed by atoms with E-state index in [1.165, 1.54) is 0 Å². The summed E-state index contributed by atoms with van der Waals surface area (Å²) in [5, 5.41) is 3.61. The summed E-state index contributed by atoms with van der Waals surface area (Å²) in [5.41, 5.74) is 0. The van der Waals surface area contributed by atoms with Crippen molar-refractivity contribution in [1.82, 2.24) is 10.2 Å². The number of thiocarbonyl (C=S) groups is 1. The fourth-order valence-corrected chi connectivity index (χ4v) is 3.66. The van der Waals surface area contributed by atoms with Crippen LogP contribution < -0.4 is 5.32 Å². The van der Waals surface area contributed by atoms with Crippen LogP contribution in [0.25, 0.3) is 0 Å². The van der Waals surface area contributed by atoms with Crippen LogP contribution in [0, 0.1) is 0 Å². The van der Waals surface area contributed by atoms with Gasteiger partial charge < -0.3 is 15.0 Å². The minimum absolute atomic E-state index is 0.00699. The number of hydrogen-bond acceptors (Lipinski definition) is 4. The summed E-state index contributed by atoms with van der Waals surface area (Å²) >= 11 is 5.17. The lowest BCUT2D eigenvalue weighted by Crippen LogP contribution is -2.44. The van der Waals surface area contributed by atoms with E-state index in [0.717, 1.165) is 0 Å². The predicted octanol–water partition coefficient (Wildman–Crippen LogP) is -0.374. The van der Waals surface area contributed by atoms with Crippen LogP contribution in [0.4, 0.5) is 0 Å². The molecule has 94 valence electrons. The molecule has 5 nitrogen and oxygen atoms in total. The van der Waals surface area contributed by atoms with Crippen molar-refractivity contribution in [1.29, 1.82) is 0 Å². The first-order valence-corrected chi connectivity index (χ1v) is 7.39. The van der Waals surface area contributed by atoms with E-state index in [-0.39, 0.29) is 17.5 Å². The third kappa shape index (κ3) is 3.88. The molecular weight excluding hydrogens is 248 g/mol. The molecule has 0 aliphatic carbocycles. The van der Waals surface area contributed by atoms with Gasteiger partial charge in [-0.1, -0.05) is 0 Å². The van der Waals surface area contributed by atoms with E-state index in [4.69, 9.17) is 17.0 Å².